The van der Waals surface area contributed by atoms with E-state index in [-0.39, 0.29) is 6.29 Å². The largest absolute Gasteiger partial charge is 0.377 e. The van der Waals surface area contributed by atoms with Crippen LogP contribution < -0.4 is 26.6 Å². The summed E-state index contributed by atoms with van der Waals surface area (Å²) in [6.07, 6.45) is 10.8. The molecule has 6 nitrogen and oxygen atoms in total. The molecule has 0 bridgehead atoms. The van der Waals surface area contributed by atoms with Crippen molar-refractivity contribution in [2.75, 3.05) is 33.3 Å². The molecule has 1 aliphatic carbocycles. The van der Waals surface area contributed by atoms with Gasteiger partial charge in [-0.05, 0) is 58.0 Å². The minimum absolute atomic E-state index is 0.209. The van der Waals surface area contributed by atoms with Crippen LogP contribution in [-0.2, 0) is 4.74 Å². The second-order valence-electron chi connectivity index (χ2n) is 8.10. The Hall–Kier alpha value is -0.500. The van der Waals surface area contributed by atoms with Gasteiger partial charge < -0.3 is 15.4 Å². The predicted octanol–water partition coefficient (Wildman–Crippen LogP) is 0.482. The Labute approximate surface area is 151 Å². The maximum absolute atomic E-state index is 6.21. The molecule has 1 saturated carbocycles. The van der Waals surface area contributed by atoms with Gasteiger partial charge in [-0.15, -0.1) is 0 Å². The van der Waals surface area contributed by atoms with Crippen LogP contribution in [0.15, 0.2) is 11.6 Å². The van der Waals surface area contributed by atoms with Crippen molar-refractivity contribution in [2.24, 2.45) is 11.8 Å². The Kier molecular flexibility index (Phi) is 6.05. The van der Waals surface area contributed by atoms with E-state index in [0.717, 1.165) is 38.6 Å². The van der Waals surface area contributed by atoms with Crippen molar-refractivity contribution in [2.45, 2.75) is 63.1 Å². The predicted molar refractivity (Wildman–Crippen MR) is 100 cm³/mol. The zero-order valence-corrected chi connectivity index (χ0v) is 15.5. The summed E-state index contributed by atoms with van der Waals surface area (Å²) in [4.78, 5) is 0. The van der Waals surface area contributed by atoms with E-state index in [9.17, 15) is 0 Å². The second-order valence-corrected chi connectivity index (χ2v) is 8.10. The van der Waals surface area contributed by atoms with Crippen LogP contribution in [0.25, 0.3) is 0 Å². The third-order valence-corrected chi connectivity index (χ3v) is 6.49. The van der Waals surface area contributed by atoms with E-state index in [0.29, 0.717) is 24.2 Å². The first kappa shape index (κ1) is 17.9. The molecule has 6 heteroatoms. The van der Waals surface area contributed by atoms with E-state index in [1.807, 2.05) is 7.05 Å². The molecule has 3 aliphatic heterocycles. The summed E-state index contributed by atoms with van der Waals surface area (Å²) in [5.41, 5.74) is 1.64. The number of rotatable bonds is 4. The molecule has 6 atom stereocenters. The molecule has 5 N–H and O–H groups in total. The van der Waals surface area contributed by atoms with Crippen LogP contribution >= 0.6 is 0 Å². The van der Waals surface area contributed by atoms with Crippen molar-refractivity contribution in [3.63, 3.8) is 0 Å². The molecule has 4 aliphatic rings. The summed E-state index contributed by atoms with van der Waals surface area (Å²) in [5, 5.41) is 17.9. The van der Waals surface area contributed by atoms with E-state index in [4.69, 9.17) is 4.74 Å². The number of ether oxygens (including phenoxy) is 1. The van der Waals surface area contributed by atoms with Crippen molar-refractivity contribution in [1.82, 2.24) is 26.6 Å². The molecule has 25 heavy (non-hydrogen) atoms. The maximum atomic E-state index is 6.21. The second kappa shape index (κ2) is 8.46. The van der Waals surface area contributed by atoms with Gasteiger partial charge in [-0.1, -0.05) is 11.6 Å². The lowest BCUT2D eigenvalue weighted by atomic mass is 9.72. The lowest BCUT2D eigenvalue weighted by Gasteiger charge is -2.42. The molecule has 3 heterocycles. The van der Waals surface area contributed by atoms with Gasteiger partial charge in [0.05, 0.1) is 12.3 Å². The Morgan fingerprint density at radius 1 is 1.20 bits per heavy atom. The fourth-order valence-corrected chi connectivity index (χ4v) is 5.20. The first-order valence-corrected chi connectivity index (χ1v) is 10.3. The molecule has 0 aromatic carbocycles. The highest BCUT2D eigenvalue weighted by Gasteiger charge is 2.43. The van der Waals surface area contributed by atoms with Crippen LogP contribution in [0.1, 0.15) is 38.5 Å². The highest BCUT2D eigenvalue weighted by atomic mass is 16.5. The lowest BCUT2D eigenvalue weighted by Crippen LogP contribution is -2.66. The highest BCUT2D eigenvalue weighted by Crippen LogP contribution is 2.42. The fraction of sp³-hybridized carbons (Fsp3) is 0.895. The summed E-state index contributed by atoms with van der Waals surface area (Å²) in [6, 6.07) is 0.561. The van der Waals surface area contributed by atoms with Gasteiger partial charge in [0.25, 0.3) is 0 Å². The molecule has 0 spiro atoms. The third kappa shape index (κ3) is 4.26. The van der Waals surface area contributed by atoms with Crippen LogP contribution in [0.5, 0.6) is 0 Å². The molecule has 0 aromatic heterocycles. The van der Waals surface area contributed by atoms with Gasteiger partial charge in [-0.25, -0.2) is 0 Å². The Bertz CT molecular complexity index is 471. The average Bonchev–Trinajstić information content (AvgIpc) is 2.94. The Morgan fingerprint density at radius 2 is 2.16 bits per heavy atom. The van der Waals surface area contributed by atoms with Crippen LogP contribution in [0.2, 0.25) is 0 Å². The molecule has 0 aromatic rings. The van der Waals surface area contributed by atoms with Gasteiger partial charge in [0.2, 0.25) is 0 Å². The van der Waals surface area contributed by atoms with Crippen LogP contribution in [-0.4, -0.2) is 57.9 Å². The monoisotopic (exact) mass is 349 g/mol. The highest BCUT2D eigenvalue weighted by molar-refractivity contribution is 5.15. The van der Waals surface area contributed by atoms with E-state index < -0.39 is 0 Å². The van der Waals surface area contributed by atoms with Gasteiger partial charge in [-0.2, -0.15) is 0 Å². The molecule has 3 fully saturated rings. The quantitative estimate of drug-likeness (QED) is 0.476. The standard InChI is InChI=1S/C19H35N5O/c1-20-17-5-9-22-19(24-17)23-15-11-14-6-10-25-18(14)16(12-15)13-3-2-7-21-8-4-13/h4,14-24H,2-3,5-12H2,1H3. The van der Waals surface area contributed by atoms with Crippen molar-refractivity contribution in [3.8, 4) is 0 Å². The zero-order valence-electron chi connectivity index (χ0n) is 15.5. The van der Waals surface area contributed by atoms with E-state index in [2.05, 4.69) is 32.7 Å². The molecule has 142 valence electrons. The Balaban J connectivity index is 1.42. The minimum Gasteiger partial charge on any atom is -0.377 e. The van der Waals surface area contributed by atoms with E-state index in [1.54, 1.807) is 5.57 Å². The van der Waals surface area contributed by atoms with Crippen LogP contribution in [0.4, 0.5) is 0 Å². The van der Waals surface area contributed by atoms with Crippen molar-refractivity contribution < 1.29 is 4.74 Å². The summed E-state index contributed by atoms with van der Waals surface area (Å²) in [7, 11) is 2.03. The first-order chi connectivity index (χ1) is 12.3. The topological polar surface area (TPSA) is 69.4 Å². The molecule has 0 amide bonds. The van der Waals surface area contributed by atoms with Gasteiger partial charge in [0.1, 0.15) is 6.29 Å². The average molecular weight is 350 g/mol. The summed E-state index contributed by atoms with van der Waals surface area (Å²) < 4.78 is 6.21. The van der Waals surface area contributed by atoms with Crippen LogP contribution in [0, 0.1) is 11.8 Å². The van der Waals surface area contributed by atoms with Crippen molar-refractivity contribution in [3.05, 3.63) is 11.6 Å². The van der Waals surface area contributed by atoms with E-state index >= 15 is 0 Å². The third-order valence-electron chi connectivity index (χ3n) is 6.49. The summed E-state index contributed by atoms with van der Waals surface area (Å²) >= 11 is 0. The molecule has 6 unspecified atom stereocenters. The van der Waals surface area contributed by atoms with Gasteiger partial charge in [-0.3, -0.25) is 16.0 Å². The zero-order chi connectivity index (χ0) is 17.1. The summed E-state index contributed by atoms with van der Waals surface area (Å²) in [6.45, 7) is 4.17. The maximum Gasteiger partial charge on any atom is 0.113 e. The molecule has 2 saturated heterocycles. The number of hydrogen-bond donors (Lipinski definition) is 5. The van der Waals surface area contributed by atoms with Gasteiger partial charge in [0, 0.05) is 31.7 Å². The van der Waals surface area contributed by atoms with Crippen LogP contribution in [0.3, 0.4) is 0 Å². The smallest absolute Gasteiger partial charge is 0.113 e. The van der Waals surface area contributed by atoms with Crippen molar-refractivity contribution >= 4 is 0 Å². The van der Waals surface area contributed by atoms with Crippen molar-refractivity contribution in [1.29, 1.82) is 0 Å². The Morgan fingerprint density at radius 3 is 3.08 bits per heavy atom. The number of nitrogens with one attached hydrogen (secondary N) is 5. The molecular weight excluding hydrogens is 314 g/mol. The van der Waals surface area contributed by atoms with Gasteiger partial charge in [0.15, 0.2) is 0 Å². The van der Waals surface area contributed by atoms with Gasteiger partial charge >= 0.3 is 0 Å². The number of hydrogen-bond acceptors (Lipinski definition) is 6. The number of fused-ring (bicyclic) bond motifs is 1. The molecule has 4 rings (SSSR count). The normalized spacial score (nSPS) is 42.5. The molecular formula is C19H35N5O. The summed E-state index contributed by atoms with van der Waals surface area (Å²) in [5.74, 6) is 1.32. The fourth-order valence-electron chi connectivity index (χ4n) is 5.20. The van der Waals surface area contributed by atoms with E-state index in [1.165, 1.54) is 32.1 Å². The first-order valence-electron chi connectivity index (χ1n) is 10.3. The molecule has 0 radical (unpaired) electrons. The SMILES string of the molecule is CNC1CCNC(NC2CC3CCOC3C(C3=CCNCCC3)C2)N1. The minimum atomic E-state index is 0.209. The lowest BCUT2D eigenvalue weighted by molar-refractivity contribution is 0.0183.